The smallest absolute Gasteiger partial charge is 0.0624 e. The van der Waals surface area contributed by atoms with Gasteiger partial charge in [-0.05, 0) is 33.6 Å². The Morgan fingerprint density at radius 3 is 2.27 bits per heavy atom. The molecule has 1 aliphatic rings. The predicted octanol–water partition coefficient (Wildman–Crippen LogP) is 1.98. The van der Waals surface area contributed by atoms with Crippen molar-refractivity contribution in [3.05, 3.63) is 0 Å². The number of ether oxygens (including phenoxy) is 2. The van der Waals surface area contributed by atoms with Crippen LogP contribution in [0.1, 0.15) is 33.6 Å². The van der Waals surface area contributed by atoms with Gasteiger partial charge in [-0.2, -0.15) is 0 Å². The van der Waals surface area contributed by atoms with Gasteiger partial charge in [0.25, 0.3) is 0 Å². The van der Waals surface area contributed by atoms with E-state index < -0.39 is 0 Å². The van der Waals surface area contributed by atoms with Gasteiger partial charge in [0.1, 0.15) is 0 Å². The van der Waals surface area contributed by atoms with E-state index in [2.05, 4.69) is 13.8 Å². The van der Waals surface area contributed by atoms with Gasteiger partial charge in [0.05, 0.1) is 18.3 Å². The van der Waals surface area contributed by atoms with E-state index in [1.54, 1.807) is 0 Å². The highest BCUT2D eigenvalue weighted by molar-refractivity contribution is 4.73. The van der Waals surface area contributed by atoms with Crippen LogP contribution in [-0.4, -0.2) is 24.9 Å². The largest absolute Gasteiger partial charge is 0.378 e. The zero-order chi connectivity index (χ0) is 8.27. The van der Waals surface area contributed by atoms with Crippen molar-refractivity contribution in [2.45, 2.75) is 51.9 Å². The van der Waals surface area contributed by atoms with E-state index in [1.165, 1.54) is 0 Å². The van der Waals surface area contributed by atoms with E-state index in [0.29, 0.717) is 18.3 Å². The molecule has 1 fully saturated rings. The maximum absolute atomic E-state index is 5.58. The highest BCUT2D eigenvalue weighted by atomic mass is 16.5. The molecule has 0 N–H and O–H groups in total. The van der Waals surface area contributed by atoms with Crippen LogP contribution in [0.15, 0.2) is 0 Å². The molecule has 1 saturated heterocycles. The molecule has 11 heavy (non-hydrogen) atoms. The number of rotatable bonds is 2. The van der Waals surface area contributed by atoms with E-state index in [1.807, 2.05) is 6.92 Å². The first-order valence-corrected chi connectivity index (χ1v) is 4.49. The van der Waals surface area contributed by atoms with Crippen molar-refractivity contribution in [2.75, 3.05) is 6.61 Å². The molecule has 0 aliphatic carbocycles. The van der Waals surface area contributed by atoms with E-state index in [0.717, 1.165) is 19.4 Å². The van der Waals surface area contributed by atoms with Gasteiger partial charge in [-0.25, -0.2) is 0 Å². The molecule has 0 saturated carbocycles. The summed E-state index contributed by atoms with van der Waals surface area (Å²) in [6.07, 6.45) is 3.28. The second-order valence-electron chi connectivity index (χ2n) is 3.31. The summed E-state index contributed by atoms with van der Waals surface area (Å²) in [5.41, 5.74) is 0. The summed E-state index contributed by atoms with van der Waals surface area (Å²) in [5.74, 6) is 0. The summed E-state index contributed by atoms with van der Waals surface area (Å²) >= 11 is 0. The Hall–Kier alpha value is -0.0800. The monoisotopic (exact) mass is 158 g/mol. The second-order valence-corrected chi connectivity index (χ2v) is 3.31. The minimum absolute atomic E-state index is 0.371. The van der Waals surface area contributed by atoms with Crippen molar-refractivity contribution < 1.29 is 9.47 Å². The van der Waals surface area contributed by atoms with Crippen LogP contribution in [0.3, 0.4) is 0 Å². The molecule has 66 valence electrons. The molecule has 0 aromatic heterocycles. The van der Waals surface area contributed by atoms with E-state index in [-0.39, 0.29) is 0 Å². The lowest BCUT2D eigenvalue weighted by Gasteiger charge is -2.31. The molecule has 0 spiro atoms. The first-order valence-electron chi connectivity index (χ1n) is 4.49. The molecule has 2 heteroatoms. The molecule has 1 heterocycles. The molecule has 2 unspecified atom stereocenters. The fraction of sp³-hybridized carbons (Fsp3) is 1.00. The van der Waals surface area contributed by atoms with Gasteiger partial charge in [0, 0.05) is 6.61 Å². The fourth-order valence-electron chi connectivity index (χ4n) is 1.72. The van der Waals surface area contributed by atoms with Gasteiger partial charge >= 0.3 is 0 Å². The van der Waals surface area contributed by atoms with Crippen molar-refractivity contribution >= 4 is 0 Å². The summed E-state index contributed by atoms with van der Waals surface area (Å²) in [4.78, 5) is 0. The van der Waals surface area contributed by atoms with Crippen molar-refractivity contribution in [1.82, 2.24) is 0 Å². The Morgan fingerprint density at radius 1 is 1.27 bits per heavy atom. The van der Waals surface area contributed by atoms with Crippen LogP contribution < -0.4 is 0 Å². The molecule has 0 amide bonds. The Bertz CT molecular complexity index is 104. The lowest BCUT2D eigenvalue weighted by molar-refractivity contribution is -0.0993. The summed E-state index contributed by atoms with van der Waals surface area (Å²) in [7, 11) is 0. The highest BCUT2D eigenvalue weighted by Gasteiger charge is 2.24. The zero-order valence-corrected chi connectivity index (χ0v) is 7.67. The average Bonchev–Trinajstić information content (AvgIpc) is 1.85. The van der Waals surface area contributed by atoms with Gasteiger partial charge in [0.2, 0.25) is 0 Å². The highest BCUT2D eigenvalue weighted by Crippen LogP contribution is 2.21. The van der Waals surface area contributed by atoms with Gasteiger partial charge in [0.15, 0.2) is 0 Å². The van der Waals surface area contributed by atoms with Crippen molar-refractivity contribution in [2.24, 2.45) is 0 Å². The summed E-state index contributed by atoms with van der Waals surface area (Å²) in [6.45, 7) is 7.10. The molecule has 0 aromatic carbocycles. The molecule has 2 nitrogen and oxygen atoms in total. The topological polar surface area (TPSA) is 18.5 Å². The lowest BCUT2D eigenvalue weighted by atomic mass is 10.0. The maximum Gasteiger partial charge on any atom is 0.0624 e. The normalized spacial score (nSPS) is 39.0. The molecule has 0 aromatic rings. The third kappa shape index (κ3) is 2.80. The summed E-state index contributed by atoms with van der Waals surface area (Å²) < 4.78 is 11.1. The van der Waals surface area contributed by atoms with Crippen LogP contribution in [0, 0.1) is 0 Å². The summed E-state index contributed by atoms with van der Waals surface area (Å²) in [6, 6.07) is 0. The SMILES string of the molecule is CCOC1CC(C)O[C@@H](C)C1. The third-order valence-electron chi connectivity index (χ3n) is 2.06. The molecular weight excluding hydrogens is 140 g/mol. The lowest BCUT2D eigenvalue weighted by Crippen LogP contribution is -2.34. The van der Waals surface area contributed by atoms with Gasteiger partial charge < -0.3 is 9.47 Å². The molecule has 3 atom stereocenters. The van der Waals surface area contributed by atoms with Gasteiger partial charge in [-0.15, -0.1) is 0 Å². The first-order chi connectivity index (χ1) is 5.22. The Morgan fingerprint density at radius 2 is 1.82 bits per heavy atom. The van der Waals surface area contributed by atoms with Crippen LogP contribution >= 0.6 is 0 Å². The Kier molecular flexibility index (Phi) is 3.34. The van der Waals surface area contributed by atoms with Crippen LogP contribution in [0.25, 0.3) is 0 Å². The minimum atomic E-state index is 0.371. The van der Waals surface area contributed by atoms with E-state index in [4.69, 9.17) is 9.47 Å². The quantitative estimate of drug-likeness (QED) is 0.611. The molecule has 0 bridgehead atoms. The van der Waals surface area contributed by atoms with Crippen molar-refractivity contribution in [3.63, 3.8) is 0 Å². The van der Waals surface area contributed by atoms with Gasteiger partial charge in [-0.1, -0.05) is 0 Å². The second kappa shape index (κ2) is 4.07. The Balaban J connectivity index is 2.30. The zero-order valence-electron chi connectivity index (χ0n) is 7.67. The van der Waals surface area contributed by atoms with Crippen molar-refractivity contribution in [3.8, 4) is 0 Å². The van der Waals surface area contributed by atoms with Crippen LogP contribution in [0.4, 0.5) is 0 Å². The number of hydrogen-bond donors (Lipinski definition) is 0. The molecule has 0 radical (unpaired) electrons. The van der Waals surface area contributed by atoms with Crippen molar-refractivity contribution in [1.29, 1.82) is 0 Å². The Labute approximate surface area is 68.9 Å². The van der Waals surface area contributed by atoms with Crippen LogP contribution in [-0.2, 0) is 9.47 Å². The predicted molar refractivity (Wildman–Crippen MR) is 44.7 cm³/mol. The standard InChI is InChI=1S/C9H18O2/c1-4-10-9-5-7(2)11-8(3)6-9/h7-9H,4-6H2,1-3H3/t7-,8?,9?/m0/s1. The molecule has 1 rings (SSSR count). The van der Waals surface area contributed by atoms with E-state index >= 15 is 0 Å². The molecular formula is C9H18O2. The molecule has 1 aliphatic heterocycles. The first kappa shape index (κ1) is 9.01. The average molecular weight is 158 g/mol. The van der Waals surface area contributed by atoms with Crippen LogP contribution in [0.2, 0.25) is 0 Å². The van der Waals surface area contributed by atoms with E-state index in [9.17, 15) is 0 Å². The third-order valence-corrected chi connectivity index (χ3v) is 2.06. The summed E-state index contributed by atoms with van der Waals surface area (Å²) in [5, 5.41) is 0. The number of hydrogen-bond acceptors (Lipinski definition) is 2. The fourth-order valence-corrected chi connectivity index (χ4v) is 1.72. The minimum Gasteiger partial charge on any atom is -0.378 e. The maximum atomic E-state index is 5.58. The van der Waals surface area contributed by atoms with Gasteiger partial charge in [-0.3, -0.25) is 0 Å². The van der Waals surface area contributed by atoms with Crippen LogP contribution in [0.5, 0.6) is 0 Å².